The van der Waals surface area contributed by atoms with Crippen molar-refractivity contribution in [2.24, 2.45) is 0 Å². The van der Waals surface area contributed by atoms with Crippen molar-refractivity contribution in [3.05, 3.63) is 157 Å². The highest BCUT2D eigenvalue weighted by Gasteiger charge is 2.36. The van der Waals surface area contributed by atoms with Crippen LogP contribution in [0.1, 0.15) is 25.0 Å². The summed E-state index contributed by atoms with van der Waals surface area (Å²) in [6, 6.07) is 51.2. The number of benzene rings is 7. The SMILES string of the molecule is CC1(C)c2ccccc2-c2ccc(N(c3ccc4oc5ccccc5c4c3)c3cc4nc(-c5ccccc5)oc4c4ccccc34)cc21. The fourth-order valence-corrected chi connectivity index (χ4v) is 7.74. The largest absolute Gasteiger partial charge is 0.456 e. The van der Waals surface area contributed by atoms with E-state index in [2.05, 4.69) is 122 Å². The number of rotatable bonds is 4. The average Bonchev–Trinajstić information content (AvgIpc) is 3.80. The first-order valence-corrected chi connectivity index (χ1v) is 16.4. The van der Waals surface area contributed by atoms with E-state index in [4.69, 9.17) is 13.8 Å². The first-order chi connectivity index (χ1) is 23.5. The highest BCUT2D eigenvalue weighted by atomic mass is 16.3. The summed E-state index contributed by atoms with van der Waals surface area (Å²) in [6.45, 7) is 4.66. The summed E-state index contributed by atoms with van der Waals surface area (Å²) in [6.07, 6.45) is 0. The van der Waals surface area contributed by atoms with Gasteiger partial charge in [0.05, 0.1) is 5.69 Å². The van der Waals surface area contributed by atoms with E-state index in [1.54, 1.807) is 0 Å². The van der Waals surface area contributed by atoms with E-state index in [0.29, 0.717) is 5.89 Å². The maximum Gasteiger partial charge on any atom is 0.227 e. The number of fused-ring (bicyclic) bond motifs is 9. The summed E-state index contributed by atoms with van der Waals surface area (Å²) < 4.78 is 12.7. The molecule has 10 rings (SSSR count). The predicted octanol–water partition coefficient (Wildman–Crippen LogP) is 12.3. The molecule has 2 heterocycles. The number of para-hydroxylation sites is 1. The highest BCUT2D eigenvalue weighted by Crippen LogP contribution is 2.51. The van der Waals surface area contributed by atoms with Crippen molar-refractivity contribution >= 4 is 60.9 Å². The maximum atomic E-state index is 6.49. The lowest BCUT2D eigenvalue weighted by Gasteiger charge is -2.29. The van der Waals surface area contributed by atoms with Crippen molar-refractivity contribution < 1.29 is 8.83 Å². The molecule has 0 spiro atoms. The van der Waals surface area contributed by atoms with Crippen LogP contribution in [-0.2, 0) is 5.41 Å². The Kier molecular flexibility index (Phi) is 5.59. The van der Waals surface area contributed by atoms with Crippen LogP contribution >= 0.6 is 0 Å². The third-order valence-electron chi connectivity index (χ3n) is 10.1. The number of hydrogen-bond acceptors (Lipinski definition) is 4. The molecule has 4 heteroatoms. The van der Waals surface area contributed by atoms with Crippen LogP contribution in [0.15, 0.2) is 154 Å². The van der Waals surface area contributed by atoms with Gasteiger partial charge in [0.2, 0.25) is 5.89 Å². The molecule has 0 aliphatic heterocycles. The second-order valence-electron chi connectivity index (χ2n) is 13.2. The van der Waals surface area contributed by atoms with Crippen LogP contribution in [0.25, 0.3) is 66.4 Å². The molecule has 4 nitrogen and oxygen atoms in total. The second-order valence-corrected chi connectivity index (χ2v) is 13.2. The standard InChI is InChI=1S/C44H30N2O2/c1-44(2)36-18-10-8-14-30(36)31-22-20-29(25-37(31)44)46(28-21-23-41-35(24-28)33-16-9-11-19-40(33)47-41)39-26-38-42(34-17-7-6-15-32(34)39)48-43(45-38)27-12-4-3-5-13-27/h3-26H,1-2H3. The summed E-state index contributed by atoms with van der Waals surface area (Å²) >= 11 is 0. The molecule has 228 valence electrons. The predicted molar refractivity (Wildman–Crippen MR) is 196 cm³/mol. The number of anilines is 3. The molecule has 9 aromatic rings. The van der Waals surface area contributed by atoms with Crippen LogP contribution in [0, 0.1) is 0 Å². The second kappa shape index (κ2) is 9.93. The zero-order valence-electron chi connectivity index (χ0n) is 26.6. The van der Waals surface area contributed by atoms with Crippen LogP contribution in [-0.4, -0.2) is 4.98 Å². The molecule has 0 saturated heterocycles. The minimum atomic E-state index is -0.138. The summed E-state index contributed by atoms with van der Waals surface area (Å²) in [4.78, 5) is 7.42. The third-order valence-corrected chi connectivity index (χ3v) is 10.1. The first-order valence-electron chi connectivity index (χ1n) is 16.4. The van der Waals surface area contributed by atoms with E-state index in [-0.39, 0.29) is 5.41 Å². The third kappa shape index (κ3) is 3.86. The summed E-state index contributed by atoms with van der Waals surface area (Å²) in [5, 5.41) is 4.29. The topological polar surface area (TPSA) is 42.4 Å². The molecule has 1 aliphatic rings. The van der Waals surface area contributed by atoms with Gasteiger partial charge in [-0.2, -0.15) is 0 Å². The van der Waals surface area contributed by atoms with Crippen molar-refractivity contribution in [3.8, 4) is 22.6 Å². The lowest BCUT2D eigenvalue weighted by Crippen LogP contribution is -2.16. The van der Waals surface area contributed by atoms with Gasteiger partial charge in [0.25, 0.3) is 0 Å². The Hall–Kier alpha value is -6.13. The molecule has 0 N–H and O–H groups in total. The summed E-state index contributed by atoms with van der Waals surface area (Å²) in [5.74, 6) is 0.614. The van der Waals surface area contributed by atoms with E-state index in [0.717, 1.165) is 66.4 Å². The number of nitrogens with zero attached hydrogens (tertiary/aromatic N) is 2. The van der Waals surface area contributed by atoms with Crippen LogP contribution in [0.4, 0.5) is 17.1 Å². The Bertz CT molecular complexity index is 2720. The van der Waals surface area contributed by atoms with Crippen molar-refractivity contribution in [1.82, 2.24) is 4.98 Å². The molecule has 0 fully saturated rings. The molecular formula is C44H30N2O2. The Labute approximate surface area is 277 Å². The van der Waals surface area contributed by atoms with Gasteiger partial charge in [-0.3, -0.25) is 0 Å². The fourth-order valence-electron chi connectivity index (χ4n) is 7.74. The zero-order valence-corrected chi connectivity index (χ0v) is 26.6. The number of furan rings is 1. The molecule has 0 saturated carbocycles. The summed E-state index contributed by atoms with van der Waals surface area (Å²) in [7, 11) is 0. The fraction of sp³-hybridized carbons (Fsp3) is 0.0682. The molecule has 48 heavy (non-hydrogen) atoms. The number of aromatic nitrogens is 1. The van der Waals surface area contributed by atoms with E-state index in [1.807, 2.05) is 42.5 Å². The van der Waals surface area contributed by atoms with Gasteiger partial charge in [0, 0.05) is 43.9 Å². The van der Waals surface area contributed by atoms with Gasteiger partial charge >= 0.3 is 0 Å². The van der Waals surface area contributed by atoms with Crippen LogP contribution in [0.3, 0.4) is 0 Å². The van der Waals surface area contributed by atoms with Crippen LogP contribution in [0.5, 0.6) is 0 Å². The van der Waals surface area contributed by atoms with E-state index in [9.17, 15) is 0 Å². The smallest absolute Gasteiger partial charge is 0.227 e. The lowest BCUT2D eigenvalue weighted by molar-refractivity contribution is 0.623. The van der Waals surface area contributed by atoms with Gasteiger partial charge in [-0.05, 0) is 76.9 Å². The van der Waals surface area contributed by atoms with Gasteiger partial charge in [-0.25, -0.2) is 4.98 Å². The van der Waals surface area contributed by atoms with Crippen molar-refractivity contribution in [2.75, 3.05) is 4.90 Å². The molecule has 2 aromatic heterocycles. The van der Waals surface area contributed by atoms with Crippen molar-refractivity contribution in [1.29, 1.82) is 0 Å². The Balaban J connectivity index is 1.26. The molecule has 0 bridgehead atoms. The van der Waals surface area contributed by atoms with Crippen molar-refractivity contribution in [2.45, 2.75) is 19.3 Å². The van der Waals surface area contributed by atoms with Gasteiger partial charge in [-0.15, -0.1) is 0 Å². The van der Waals surface area contributed by atoms with Crippen LogP contribution < -0.4 is 4.90 Å². The quantitative estimate of drug-likeness (QED) is 0.197. The van der Waals surface area contributed by atoms with Gasteiger partial charge in [-0.1, -0.05) is 105 Å². The molecule has 7 aromatic carbocycles. The maximum absolute atomic E-state index is 6.49. The lowest BCUT2D eigenvalue weighted by atomic mass is 9.82. The van der Waals surface area contributed by atoms with Gasteiger partial charge < -0.3 is 13.7 Å². The zero-order chi connectivity index (χ0) is 32.0. The molecule has 1 aliphatic carbocycles. The Morgan fingerprint density at radius 2 is 1.19 bits per heavy atom. The normalized spacial score (nSPS) is 13.4. The van der Waals surface area contributed by atoms with Gasteiger partial charge in [0.1, 0.15) is 16.7 Å². The minimum Gasteiger partial charge on any atom is -0.456 e. The molecular weight excluding hydrogens is 588 g/mol. The van der Waals surface area contributed by atoms with Crippen molar-refractivity contribution in [3.63, 3.8) is 0 Å². The Morgan fingerprint density at radius 1 is 0.521 bits per heavy atom. The molecule has 0 atom stereocenters. The molecule has 0 amide bonds. The number of hydrogen-bond donors (Lipinski definition) is 0. The molecule has 0 unspecified atom stereocenters. The minimum absolute atomic E-state index is 0.138. The first kappa shape index (κ1) is 27.0. The average molecular weight is 619 g/mol. The highest BCUT2D eigenvalue weighted by molar-refractivity contribution is 6.13. The van der Waals surface area contributed by atoms with E-state index < -0.39 is 0 Å². The van der Waals surface area contributed by atoms with Gasteiger partial charge in [0.15, 0.2) is 5.58 Å². The summed E-state index contributed by atoms with van der Waals surface area (Å²) in [5.41, 5.74) is 12.6. The monoisotopic (exact) mass is 618 g/mol. The van der Waals surface area contributed by atoms with Crippen LogP contribution in [0.2, 0.25) is 0 Å². The van der Waals surface area contributed by atoms with E-state index in [1.165, 1.54) is 22.3 Å². The molecule has 0 radical (unpaired) electrons. The van der Waals surface area contributed by atoms with E-state index >= 15 is 0 Å². The number of oxazole rings is 1. The Morgan fingerprint density at radius 3 is 2.06 bits per heavy atom.